The van der Waals surface area contributed by atoms with Crippen LogP contribution in [0.2, 0.25) is 0 Å². The summed E-state index contributed by atoms with van der Waals surface area (Å²) in [7, 11) is 3.94. The van der Waals surface area contributed by atoms with Crippen LogP contribution in [0.4, 0.5) is 11.4 Å². The average molecular weight is 289 g/mol. The molecule has 2 rings (SSSR count). The number of carbonyl (C=O) groups is 1. The molecular formula is C16H23N3O2. The molecule has 1 N–H and O–H groups in total. The molecule has 0 aromatic heterocycles. The molecule has 1 aromatic carbocycles. The van der Waals surface area contributed by atoms with Gasteiger partial charge >= 0.3 is 5.97 Å². The second-order valence-electron chi connectivity index (χ2n) is 5.72. The highest BCUT2D eigenvalue weighted by atomic mass is 16.5. The predicted octanol–water partition coefficient (Wildman–Crippen LogP) is 2.51. The van der Waals surface area contributed by atoms with Gasteiger partial charge in [0, 0.05) is 20.2 Å². The summed E-state index contributed by atoms with van der Waals surface area (Å²) >= 11 is 0. The molecule has 1 aromatic rings. The molecule has 21 heavy (non-hydrogen) atoms. The molecule has 0 aliphatic carbocycles. The van der Waals surface area contributed by atoms with Gasteiger partial charge in [0.2, 0.25) is 0 Å². The van der Waals surface area contributed by atoms with Crippen LogP contribution < -0.4 is 15.6 Å². The Morgan fingerprint density at radius 3 is 2.71 bits per heavy atom. The number of rotatable bonds is 4. The zero-order chi connectivity index (χ0) is 15.6. The van der Waals surface area contributed by atoms with Crippen LogP contribution in [0.1, 0.15) is 25.0 Å². The number of hydrogen-bond acceptors (Lipinski definition) is 5. The van der Waals surface area contributed by atoms with Gasteiger partial charge in [0.05, 0.1) is 18.0 Å². The zero-order valence-corrected chi connectivity index (χ0v) is 13.3. The topological polar surface area (TPSA) is 44.8 Å². The number of ether oxygens (including phenoxy) is 1. The Morgan fingerprint density at radius 1 is 1.33 bits per heavy atom. The van der Waals surface area contributed by atoms with Gasteiger partial charge in [-0.25, -0.2) is 4.79 Å². The summed E-state index contributed by atoms with van der Waals surface area (Å²) in [5.41, 5.74) is 7.58. The molecule has 1 aliphatic rings. The molecule has 0 spiro atoms. The van der Waals surface area contributed by atoms with E-state index in [-0.39, 0.29) is 5.97 Å². The number of hydrazine groups is 2. The van der Waals surface area contributed by atoms with Crippen LogP contribution in [0.15, 0.2) is 18.2 Å². The molecule has 0 atom stereocenters. The van der Waals surface area contributed by atoms with Gasteiger partial charge in [-0.3, -0.25) is 10.0 Å². The highest BCUT2D eigenvalue weighted by Gasteiger charge is 2.22. The SMILES string of the molecule is Cc1c(/C=C/C(=O)OCC(C)C)ccc2c1N(C)NN2C. The number of esters is 1. The molecule has 0 bridgehead atoms. The van der Waals surface area contributed by atoms with E-state index in [1.807, 2.05) is 56.2 Å². The number of carbonyl (C=O) groups excluding carboxylic acids is 1. The molecule has 0 radical (unpaired) electrons. The minimum Gasteiger partial charge on any atom is -0.462 e. The lowest BCUT2D eigenvalue weighted by molar-refractivity contribution is -0.138. The van der Waals surface area contributed by atoms with Crippen LogP contribution in [0.25, 0.3) is 6.08 Å². The third-order valence-corrected chi connectivity index (χ3v) is 3.41. The second-order valence-corrected chi connectivity index (χ2v) is 5.72. The van der Waals surface area contributed by atoms with Crippen LogP contribution in [0.5, 0.6) is 0 Å². The van der Waals surface area contributed by atoms with Crippen LogP contribution in [0, 0.1) is 12.8 Å². The number of benzene rings is 1. The first-order valence-electron chi connectivity index (χ1n) is 7.12. The van der Waals surface area contributed by atoms with Crippen LogP contribution in [-0.4, -0.2) is 26.7 Å². The van der Waals surface area contributed by atoms with Gasteiger partial charge in [-0.05, 0) is 36.1 Å². The quantitative estimate of drug-likeness (QED) is 0.681. The number of fused-ring (bicyclic) bond motifs is 1. The maximum Gasteiger partial charge on any atom is 0.330 e. The van der Waals surface area contributed by atoms with Crippen LogP contribution in [0.3, 0.4) is 0 Å². The number of anilines is 2. The Hall–Kier alpha value is -2.01. The van der Waals surface area contributed by atoms with Crippen LogP contribution >= 0.6 is 0 Å². The van der Waals surface area contributed by atoms with E-state index in [2.05, 4.69) is 12.5 Å². The van der Waals surface area contributed by atoms with E-state index in [4.69, 9.17) is 4.74 Å². The van der Waals surface area contributed by atoms with E-state index in [0.717, 1.165) is 22.5 Å². The Balaban J connectivity index is 2.15. The fourth-order valence-electron chi connectivity index (χ4n) is 2.36. The summed E-state index contributed by atoms with van der Waals surface area (Å²) in [5, 5.41) is 3.94. The summed E-state index contributed by atoms with van der Waals surface area (Å²) in [6.07, 6.45) is 3.30. The van der Waals surface area contributed by atoms with E-state index < -0.39 is 0 Å². The van der Waals surface area contributed by atoms with Crippen molar-refractivity contribution in [2.75, 3.05) is 30.7 Å². The molecule has 0 amide bonds. The largest absolute Gasteiger partial charge is 0.462 e. The standard InChI is InChI=1S/C16H23N3O2/c1-11(2)10-21-15(20)9-7-13-6-8-14-16(12(13)3)19(5)17-18(14)4/h6-9,11,17H,10H2,1-5H3/b9-7+. The van der Waals surface area contributed by atoms with Crippen molar-refractivity contribution in [1.82, 2.24) is 5.53 Å². The lowest BCUT2D eigenvalue weighted by Crippen LogP contribution is -2.39. The van der Waals surface area contributed by atoms with Gasteiger partial charge in [-0.1, -0.05) is 19.9 Å². The van der Waals surface area contributed by atoms with Crippen molar-refractivity contribution >= 4 is 23.4 Å². The number of nitrogens with zero attached hydrogens (tertiary/aromatic N) is 2. The van der Waals surface area contributed by atoms with Crippen molar-refractivity contribution in [2.45, 2.75) is 20.8 Å². The summed E-state index contributed by atoms with van der Waals surface area (Å²) in [6.45, 7) is 6.53. The third-order valence-electron chi connectivity index (χ3n) is 3.41. The Morgan fingerprint density at radius 2 is 2.05 bits per heavy atom. The Labute approximate surface area is 126 Å². The Bertz CT molecular complexity index is 567. The first-order valence-corrected chi connectivity index (χ1v) is 7.12. The van der Waals surface area contributed by atoms with Crippen molar-refractivity contribution in [3.8, 4) is 0 Å². The second kappa shape index (κ2) is 6.18. The smallest absolute Gasteiger partial charge is 0.330 e. The van der Waals surface area contributed by atoms with Gasteiger partial charge in [-0.15, -0.1) is 5.53 Å². The van der Waals surface area contributed by atoms with Crippen molar-refractivity contribution < 1.29 is 9.53 Å². The fourth-order valence-corrected chi connectivity index (χ4v) is 2.36. The van der Waals surface area contributed by atoms with E-state index in [0.29, 0.717) is 12.5 Å². The molecule has 0 saturated carbocycles. The van der Waals surface area contributed by atoms with Crippen molar-refractivity contribution in [1.29, 1.82) is 0 Å². The minimum atomic E-state index is -0.299. The molecule has 0 fully saturated rings. The fraction of sp³-hybridized carbons (Fsp3) is 0.438. The normalized spacial score (nSPS) is 14.2. The minimum absolute atomic E-state index is 0.299. The van der Waals surface area contributed by atoms with E-state index in [1.165, 1.54) is 6.08 Å². The van der Waals surface area contributed by atoms with Crippen LogP contribution in [-0.2, 0) is 9.53 Å². The van der Waals surface area contributed by atoms with Gasteiger partial charge in [0.25, 0.3) is 0 Å². The predicted molar refractivity (Wildman–Crippen MR) is 86.0 cm³/mol. The summed E-state index contributed by atoms with van der Waals surface area (Å²) in [6, 6.07) is 4.05. The first-order chi connectivity index (χ1) is 9.90. The first kappa shape index (κ1) is 15.4. The van der Waals surface area contributed by atoms with Gasteiger partial charge in [0.1, 0.15) is 0 Å². The summed E-state index contributed by atoms with van der Waals surface area (Å²) < 4.78 is 5.14. The molecule has 5 heteroatoms. The lowest BCUT2D eigenvalue weighted by Gasteiger charge is -2.15. The third kappa shape index (κ3) is 3.36. The molecule has 1 aliphatic heterocycles. The van der Waals surface area contributed by atoms with Gasteiger partial charge < -0.3 is 4.74 Å². The molecule has 5 nitrogen and oxygen atoms in total. The molecule has 0 saturated heterocycles. The average Bonchev–Trinajstić information content (AvgIpc) is 2.71. The maximum atomic E-state index is 11.6. The molecular weight excluding hydrogens is 266 g/mol. The van der Waals surface area contributed by atoms with Crippen molar-refractivity contribution in [3.63, 3.8) is 0 Å². The molecule has 0 unspecified atom stereocenters. The van der Waals surface area contributed by atoms with Gasteiger partial charge in [-0.2, -0.15) is 0 Å². The van der Waals surface area contributed by atoms with Gasteiger partial charge in [0.15, 0.2) is 0 Å². The van der Waals surface area contributed by atoms with Crippen molar-refractivity contribution in [2.24, 2.45) is 5.92 Å². The lowest BCUT2D eigenvalue weighted by atomic mass is 10.0. The number of hydrogen-bond donors (Lipinski definition) is 1. The highest BCUT2D eigenvalue weighted by Crippen LogP contribution is 2.36. The maximum absolute atomic E-state index is 11.6. The Kier molecular flexibility index (Phi) is 4.53. The van der Waals surface area contributed by atoms with E-state index in [1.54, 1.807) is 0 Å². The van der Waals surface area contributed by atoms with E-state index in [9.17, 15) is 4.79 Å². The van der Waals surface area contributed by atoms with Crippen molar-refractivity contribution in [3.05, 3.63) is 29.3 Å². The number of nitrogens with one attached hydrogen (secondary N) is 1. The monoisotopic (exact) mass is 289 g/mol. The summed E-state index contributed by atoms with van der Waals surface area (Å²) in [5.74, 6) is 0.0477. The van der Waals surface area contributed by atoms with E-state index >= 15 is 0 Å². The molecule has 114 valence electrons. The zero-order valence-electron chi connectivity index (χ0n) is 13.3. The molecule has 1 heterocycles. The highest BCUT2D eigenvalue weighted by molar-refractivity contribution is 5.89. The summed E-state index contributed by atoms with van der Waals surface area (Å²) in [4.78, 5) is 11.6.